The van der Waals surface area contributed by atoms with E-state index in [1.807, 2.05) is 37.3 Å². The molecule has 1 aliphatic heterocycles. The van der Waals surface area contributed by atoms with Crippen LogP contribution in [-0.2, 0) is 9.53 Å². The second-order valence-corrected chi connectivity index (χ2v) is 7.07. The van der Waals surface area contributed by atoms with Crippen LogP contribution in [0.1, 0.15) is 28.3 Å². The lowest BCUT2D eigenvalue weighted by atomic mass is 10.0. The normalized spacial score (nSPS) is 16.4. The van der Waals surface area contributed by atoms with E-state index in [0.717, 1.165) is 49.5 Å². The Morgan fingerprint density at radius 1 is 1.11 bits per heavy atom. The summed E-state index contributed by atoms with van der Waals surface area (Å²) in [6.45, 7) is 8.21. The van der Waals surface area contributed by atoms with Crippen molar-refractivity contribution >= 4 is 12.0 Å². The van der Waals surface area contributed by atoms with Gasteiger partial charge in [0.25, 0.3) is 0 Å². The first-order valence-electron chi connectivity index (χ1n) is 9.53. The fraction of sp³-hybridized carbons (Fsp3) is 0.348. The summed E-state index contributed by atoms with van der Waals surface area (Å²) in [7, 11) is 0. The molecule has 2 aromatic rings. The molecule has 1 heterocycles. The molecular weight excluding hydrogens is 336 g/mol. The van der Waals surface area contributed by atoms with Gasteiger partial charge in [-0.3, -0.25) is 9.69 Å². The summed E-state index contributed by atoms with van der Waals surface area (Å²) in [5.41, 5.74) is 4.57. The predicted molar refractivity (Wildman–Crippen MR) is 110 cm³/mol. The largest absolute Gasteiger partial charge is 0.379 e. The van der Waals surface area contributed by atoms with Crippen LogP contribution in [-0.4, -0.2) is 43.7 Å². The number of amides is 1. The maximum absolute atomic E-state index is 12.6. The summed E-state index contributed by atoms with van der Waals surface area (Å²) in [6.07, 6.45) is 3.51. The molecule has 1 unspecified atom stereocenters. The second kappa shape index (κ2) is 9.49. The number of hydrogen-bond donors (Lipinski definition) is 1. The third kappa shape index (κ3) is 5.78. The molecule has 0 spiro atoms. The van der Waals surface area contributed by atoms with E-state index in [1.54, 1.807) is 6.08 Å². The molecule has 0 aliphatic carbocycles. The predicted octanol–water partition coefficient (Wildman–Crippen LogP) is 3.51. The van der Waals surface area contributed by atoms with E-state index in [1.165, 1.54) is 5.56 Å². The van der Waals surface area contributed by atoms with Crippen LogP contribution in [0.4, 0.5) is 0 Å². The summed E-state index contributed by atoms with van der Waals surface area (Å²) in [5, 5.41) is 3.18. The van der Waals surface area contributed by atoms with Gasteiger partial charge in [0.1, 0.15) is 0 Å². The van der Waals surface area contributed by atoms with E-state index in [4.69, 9.17) is 4.74 Å². The Bertz CT molecular complexity index is 777. The molecule has 2 aromatic carbocycles. The number of carbonyl (C=O) groups excluding carboxylic acids is 1. The Hall–Kier alpha value is -2.43. The molecule has 0 bridgehead atoms. The van der Waals surface area contributed by atoms with Gasteiger partial charge in [-0.2, -0.15) is 0 Å². The van der Waals surface area contributed by atoms with Gasteiger partial charge < -0.3 is 10.1 Å². The highest BCUT2D eigenvalue weighted by Gasteiger charge is 2.19. The van der Waals surface area contributed by atoms with Crippen molar-refractivity contribution in [3.8, 4) is 0 Å². The Labute approximate surface area is 161 Å². The van der Waals surface area contributed by atoms with Crippen LogP contribution in [0.25, 0.3) is 6.08 Å². The number of nitrogens with zero attached hydrogens (tertiary/aromatic N) is 1. The SMILES string of the molecule is Cc1ccc(C(CN2CCOCC2)NC(=O)/C=C/c2ccccc2C)cc1. The molecule has 3 rings (SSSR count). The number of rotatable bonds is 6. The second-order valence-electron chi connectivity index (χ2n) is 7.07. The highest BCUT2D eigenvalue weighted by atomic mass is 16.5. The smallest absolute Gasteiger partial charge is 0.244 e. The third-order valence-corrected chi connectivity index (χ3v) is 4.94. The van der Waals surface area contributed by atoms with Gasteiger partial charge in [-0.15, -0.1) is 0 Å². The summed E-state index contributed by atoms with van der Waals surface area (Å²) >= 11 is 0. The van der Waals surface area contributed by atoms with Crippen LogP contribution in [0.3, 0.4) is 0 Å². The van der Waals surface area contributed by atoms with E-state index in [9.17, 15) is 4.79 Å². The van der Waals surface area contributed by atoms with Gasteiger partial charge in [-0.1, -0.05) is 54.1 Å². The van der Waals surface area contributed by atoms with Crippen LogP contribution < -0.4 is 5.32 Å². The molecule has 0 radical (unpaired) electrons. The van der Waals surface area contributed by atoms with Gasteiger partial charge in [0.15, 0.2) is 0 Å². The Kier molecular flexibility index (Phi) is 6.80. The molecule has 0 aromatic heterocycles. The maximum Gasteiger partial charge on any atom is 0.244 e. The molecule has 1 N–H and O–H groups in total. The summed E-state index contributed by atoms with van der Waals surface area (Å²) in [5.74, 6) is -0.0721. The van der Waals surface area contributed by atoms with Crippen molar-refractivity contribution in [2.75, 3.05) is 32.8 Å². The van der Waals surface area contributed by atoms with Gasteiger partial charge >= 0.3 is 0 Å². The molecule has 4 nitrogen and oxygen atoms in total. The quantitative estimate of drug-likeness (QED) is 0.798. The van der Waals surface area contributed by atoms with Crippen molar-refractivity contribution in [2.24, 2.45) is 0 Å². The minimum absolute atomic E-state index is 0.0438. The van der Waals surface area contributed by atoms with E-state index in [2.05, 4.69) is 41.4 Å². The van der Waals surface area contributed by atoms with E-state index >= 15 is 0 Å². The number of hydrogen-bond acceptors (Lipinski definition) is 3. The average molecular weight is 364 g/mol. The van der Waals surface area contributed by atoms with E-state index < -0.39 is 0 Å². The van der Waals surface area contributed by atoms with Gasteiger partial charge in [-0.05, 0) is 36.6 Å². The first kappa shape index (κ1) is 19.3. The number of nitrogens with one attached hydrogen (secondary N) is 1. The zero-order valence-corrected chi connectivity index (χ0v) is 16.2. The lowest BCUT2D eigenvalue weighted by Gasteiger charge is -2.31. The molecule has 142 valence electrons. The van der Waals surface area contributed by atoms with Crippen molar-refractivity contribution in [3.05, 3.63) is 76.9 Å². The van der Waals surface area contributed by atoms with Crippen LogP contribution in [0.2, 0.25) is 0 Å². The minimum Gasteiger partial charge on any atom is -0.379 e. The number of benzene rings is 2. The average Bonchev–Trinajstić information content (AvgIpc) is 2.68. The molecule has 4 heteroatoms. The van der Waals surface area contributed by atoms with Crippen molar-refractivity contribution < 1.29 is 9.53 Å². The zero-order chi connectivity index (χ0) is 19.1. The van der Waals surface area contributed by atoms with Crippen LogP contribution >= 0.6 is 0 Å². The molecule has 1 fully saturated rings. The van der Waals surface area contributed by atoms with Crippen LogP contribution in [0.5, 0.6) is 0 Å². The Morgan fingerprint density at radius 2 is 1.81 bits per heavy atom. The molecule has 1 atom stereocenters. The highest BCUT2D eigenvalue weighted by Crippen LogP contribution is 2.17. The summed E-state index contributed by atoms with van der Waals surface area (Å²) in [4.78, 5) is 14.9. The number of ether oxygens (including phenoxy) is 1. The number of morpholine rings is 1. The van der Waals surface area contributed by atoms with Crippen molar-refractivity contribution in [3.63, 3.8) is 0 Å². The molecule has 1 saturated heterocycles. The molecular formula is C23H28N2O2. The zero-order valence-electron chi connectivity index (χ0n) is 16.2. The van der Waals surface area contributed by atoms with Crippen LogP contribution in [0.15, 0.2) is 54.6 Å². The van der Waals surface area contributed by atoms with Gasteiger partial charge in [0.05, 0.1) is 19.3 Å². The van der Waals surface area contributed by atoms with Gasteiger partial charge in [0, 0.05) is 25.7 Å². The van der Waals surface area contributed by atoms with Gasteiger partial charge in [0.2, 0.25) is 5.91 Å². The molecule has 0 saturated carbocycles. The highest BCUT2D eigenvalue weighted by molar-refractivity contribution is 5.92. The Morgan fingerprint density at radius 3 is 2.52 bits per heavy atom. The monoisotopic (exact) mass is 364 g/mol. The maximum atomic E-state index is 12.6. The molecule has 27 heavy (non-hydrogen) atoms. The minimum atomic E-state index is -0.0721. The van der Waals surface area contributed by atoms with Crippen LogP contribution in [0, 0.1) is 13.8 Å². The number of aryl methyl sites for hydroxylation is 2. The number of carbonyl (C=O) groups is 1. The fourth-order valence-corrected chi connectivity index (χ4v) is 3.23. The lowest BCUT2D eigenvalue weighted by molar-refractivity contribution is -0.117. The Balaban J connectivity index is 1.70. The topological polar surface area (TPSA) is 41.6 Å². The fourth-order valence-electron chi connectivity index (χ4n) is 3.23. The molecule has 1 amide bonds. The molecule has 1 aliphatic rings. The van der Waals surface area contributed by atoms with Crippen molar-refractivity contribution in [1.82, 2.24) is 10.2 Å². The standard InChI is InChI=1S/C23H28N2O2/c1-18-7-9-21(10-8-18)22(17-25-13-15-27-16-14-25)24-23(26)12-11-20-6-4-3-5-19(20)2/h3-12,22H,13-17H2,1-2H3,(H,24,26)/b12-11+. The van der Waals surface area contributed by atoms with E-state index in [-0.39, 0.29) is 11.9 Å². The summed E-state index contributed by atoms with van der Waals surface area (Å²) in [6, 6.07) is 16.4. The summed E-state index contributed by atoms with van der Waals surface area (Å²) < 4.78 is 5.44. The first-order valence-corrected chi connectivity index (χ1v) is 9.53. The van der Waals surface area contributed by atoms with Crippen molar-refractivity contribution in [2.45, 2.75) is 19.9 Å². The first-order chi connectivity index (χ1) is 13.1. The lowest BCUT2D eigenvalue weighted by Crippen LogP contribution is -2.42. The third-order valence-electron chi connectivity index (χ3n) is 4.94. The van der Waals surface area contributed by atoms with Crippen molar-refractivity contribution in [1.29, 1.82) is 0 Å². The van der Waals surface area contributed by atoms with E-state index in [0.29, 0.717) is 0 Å². The van der Waals surface area contributed by atoms with Gasteiger partial charge in [-0.25, -0.2) is 0 Å².